The Morgan fingerprint density at radius 3 is 3.12 bits per heavy atom. The fourth-order valence-corrected chi connectivity index (χ4v) is 2.68. The summed E-state index contributed by atoms with van der Waals surface area (Å²) in [6.45, 7) is 7.07. The van der Waals surface area contributed by atoms with Crippen molar-refractivity contribution < 1.29 is 4.74 Å². The minimum Gasteiger partial charge on any atom is -0.380 e. The van der Waals surface area contributed by atoms with E-state index in [9.17, 15) is 0 Å². The van der Waals surface area contributed by atoms with Crippen molar-refractivity contribution in [3.8, 4) is 0 Å². The van der Waals surface area contributed by atoms with Crippen LogP contribution in [0.5, 0.6) is 0 Å². The minimum atomic E-state index is 0.514. The third kappa shape index (κ3) is 3.27. The van der Waals surface area contributed by atoms with Crippen molar-refractivity contribution in [1.29, 1.82) is 0 Å². The second kappa shape index (κ2) is 5.75. The lowest BCUT2D eigenvalue weighted by atomic mass is 10.1. The van der Waals surface area contributed by atoms with Crippen molar-refractivity contribution in [3.63, 3.8) is 0 Å². The molecule has 1 aliphatic heterocycles. The van der Waals surface area contributed by atoms with Gasteiger partial charge in [-0.05, 0) is 18.8 Å². The van der Waals surface area contributed by atoms with Gasteiger partial charge >= 0.3 is 0 Å². The zero-order chi connectivity index (χ0) is 11.4. The van der Waals surface area contributed by atoms with Gasteiger partial charge in [0.25, 0.3) is 0 Å². The highest BCUT2D eigenvalue weighted by molar-refractivity contribution is 7.11. The first kappa shape index (κ1) is 12.0. The minimum absolute atomic E-state index is 0.514. The molecule has 1 aliphatic rings. The van der Waals surface area contributed by atoms with Crippen LogP contribution in [0.3, 0.4) is 0 Å². The number of hydrogen-bond donors (Lipinski definition) is 1. The van der Waals surface area contributed by atoms with Gasteiger partial charge in [0.2, 0.25) is 0 Å². The number of aromatic nitrogens is 1. The standard InChI is InChI=1S/C12H20N2OS/c1-9(2)11-6-14-12(16-11)7-13-10-4-3-5-15-8-10/h6,9-10,13H,3-5,7-8H2,1-2H3. The van der Waals surface area contributed by atoms with E-state index in [2.05, 4.69) is 24.1 Å². The van der Waals surface area contributed by atoms with Gasteiger partial charge in [0.15, 0.2) is 0 Å². The Morgan fingerprint density at radius 2 is 2.50 bits per heavy atom. The lowest BCUT2D eigenvalue weighted by molar-refractivity contribution is 0.0699. The van der Waals surface area contributed by atoms with Gasteiger partial charge in [-0.15, -0.1) is 11.3 Å². The lowest BCUT2D eigenvalue weighted by Gasteiger charge is -2.22. The summed E-state index contributed by atoms with van der Waals surface area (Å²) in [6, 6.07) is 0.514. The van der Waals surface area contributed by atoms with Gasteiger partial charge < -0.3 is 10.1 Å². The van der Waals surface area contributed by atoms with Crippen LogP contribution in [0.15, 0.2) is 6.20 Å². The van der Waals surface area contributed by atoms with Crippen LogP contribution in [-0.4, -0.2) is 24.2 Å². The molecule has 0 spiro atoms. The Balaban J connectivity index is 1.79. The molecule has 0 radical (unpaired) electrons. The molecular weight excluding hydrogens is 220 g/mol. The van der Waals surface area contributed by atoms with Gasteiger partial charge in [-0.25, -0.2) is 4.98 Å². The third-order valence-electron chi connectivity index (χ3n) is 2.84. The summed E-state index contributed by atoms with van der Waals surface area (Å²) in [5.41, 5.74) is 0. The largest absolute Gasteiger partial charge is 0.380 e. The van der Waals surface area contributed by atoms with Crippen LogP contribution in [0.1, 0.15) is 42.5 Å². The van der Waals surface area contributed by atoms with Gasteiger partial charge in [0.05, 0.1) is 6.61 Å². The molecule has 1 saturated heterocycles. The van der Waals surface area contributed by atoms with Crippen molar-refractivity contribution in [2.75, 3.05) is 13.2 Å². The summed E-state index contributed by atoms with van der Waals surface area (Å²) in [5, 5.41) is 4.70. The summed E-state index contributed by atoms with van der Waals surface area (Å²) in [4.78, 5) is 5.81. The molecule has 1 fully saturated rings. The maximum absolute atomic E-state index is 5.43. The van der Waals surface area contributed by atoms with Crippen LogP contribution in [0.4, 0.5) is 0 Å². The van der Waals surface area contributed by atoms with E-state index >= 15 is 0 Å². The number of hydrogen-bond acceptors (Lipinski definition) is 4. The van der Waals surface area contributed by atoms with E-state index in [1.807, 2.05) is 17.5 Å². The first-order valence-corrected chi connectivity index (χ1v) is 6.83. The summed E-state index contributed by atoms with van der Waals surface area (Å²) >= 11 is 1.82. The smallest absolute Gasteiger partial charge is 0.107 e. The number of nitrogens with zero attached hydrogens (tertiary/aromatic N) is 1. The molecule has 16 heavy (non-hydrogen) atoms. The highest BCUT2D eigenvalue weighted by Gasteiger charge is 2.13. The Kier molecular flexibility index (Phi) is 4.32. The SMILES string of the molecule is CC(C)c1cnc(CNC2CCCOC2)s1. The molecule has 0 bridgehead atoms. The van der Waals surface area contributed by atoms with Gasteiger partial charge in [0, 0.05) is 30.3 Å². The van der Waals surface area contributed by atoms with E-state index in [1.54, 1.807) is 0 Å². The second-order valence-electron chi connectivity index (χ2n) is 4.61. The molecule has 0 saturated carbocycles. The second-order valence-corrected chi connectivity index (χ2v) is 5.75. The molecule has 1 unspecified atom stereocenters. The molecule has 4 heteroatoms. The zero-order valence-electron chi connectivity index (χ0n) is 10.0. The van der Waals surface area contributed by atoms with Crippen molar-refractivity contribution in [3.05, 3.63) is 16.1 Å². The van der Waals surface area contributed by atoms with Crippen molar-refractivity contribution in [1.82, 2.24) is 10.3 Å². The van der Waals surface area contributed by atoms with E-state index in [0.29, 0.717) is 12.0 Å². The Bertz CT molecular complexity index is 319. The molecule has 1 N–H and O–H groups in total. The van der Waals surface area contributed by atoms with E-state index in [4.69, 9.17) is 4.74 Å². The molecule has 1 atom stereocenters. The summed E-state index contributed by atoms with van der Waals surface area (Å²) in [6.07, 6.45) is 4.40. The quantitative estimate of drug-likeness (QED) is 0.878. The lowest BCUT2D eigenvalue weighted by Crippen LogP contribution is -2.36. The van der Waals surface area contributed by atoms with Crippen molar-refractivity contribution in [2.45, 2.75) is 45.2 Å². The molecule has 3 nitrogen and oxygen atoms in total. The van der Waals surface area contributed by atoms with Crippen LogP contribution in [0.2, 0.25) is 0 Å². The summed E-state index contributed by atoms with van der Waals surface area (Å²) < 4.78 is 5.43. The van der Waals surface area contributed by atoms with E-state index in [-0.39, 0.29) is 0 Å². The number of ether oxygens (including phenoxy) is 1. The van der Waals surface area contributed by atoms with Crippen molar-refractivity contribution >= 4 is 11.3 Å². The van der Waals surface area contributed by atoms with E-state index < -0.39 is 0 Å². The maximum atomic E-state index is 5.43. The molecule has 2 heterocycles. The average Bonchev–Trinajstić information content (AvgIpc) is 2.76. The van der Waals surface area contributed by atoms with Gasteiger partial charge in [-0.2, -0.15) is 0 Å². The van der Waals surface area contributed by atoms with Gasteiger partial charge in [-0.1, -0.05) is 13.8 Å². The number of rotatable bonds is 4. The fraction of sp³-hybridized carbons (Fsp3) is 0.750. The predicted octanol–water partition coefficient (Wildman–Crippen LogP) is 2.54. The molecule has 0 aliphatic carbocycles. The molecule has 1 aromatic heterocycles. The zero-order valence-corrected chi connectivity index (χ0v) is 10.8. The van der Waals surface area contributed by atoms with Crippen molar-refractivity contribution in [2.24, 2.45) is 0 Å². The normalized spacial score (nSPS) is 21.6. The summed E-state index contributed by atoms with van der Waals surface area (Å²) in [7, 11) is 0. The molecule has 0 aromatic carbocycles. The van der Waals surface area contributed by atoms with Gasteiger partial charge in [0.1, 0.15) is 5.01 Å². The van der Waals surface area contributed by atoms with Crippen LogP contribution in [0.25, 0.3) is 0 Å². The molecule has 0 amide bonds. The topological polar surface area (TPSA) is 34.2 Å². The highest BCUT2D eigenvalue weighted by atomic mass is 32.1. The Morgan fingerprint density at radius 1 is 1.62 bits per heavy atom. The predicted molar refractivity (Wildman–Crippen MR) is 66.9 cm³/mol. The maximum Gasteiger partial charge on any atom is 0.107 e. The van der Waals surface area contributed by atoms with Crippen LogP contribution < -0.4 is 5.32 Å². The first-order chi connectivity index (χ1) is 7.75. The summed E-state index contributed by atoms with van der Waals surface area (Å²) in [5.74, 6) is 0.587. The fourth-order valence-electron chi connectivity index (χ4n) is 1.81. The third-order valence-corrected chi connectivity index (χ3v) is 4.14. The molecule has 90 valence electrons. The molecule has 2 rings (SSSR count). The Hall–Kier alpha value is -0.450. The highest BCUT2D eigenvalue weighted by Crippen LogP contribution is 2.21. The van der Waals surface area contributed by atoms with E-state index in [1.165, 1.54) is 22.7 Å². The van der Waals surface area contributed by atoms with Crippen LogP contribution in [0, 0.1) is 0 Å². The monoisotopic (exact) mass is 240 g/mol. The van der Waals surface area contributed by atoms with Crippen LogP contribution in [-0.2, 0) is 11.3 Å². The van der Waals surface area contributed by atoms with Crippen LogP contribution >= 0.6 is 11.3 Å². The molecular formula is C12H20N2OS. The molecule has 1 aromatic rings. The first-order valence-electron chi connectivity index (χ1n) is 6.01. The average molecular weight is 240 g/mol. The van der Waals surface area contributed by atoms with Gasteiger partial charge in [-0.3, -0.25) is 0 Å². The number of thiazole rings is 1. The van der Waals surface area contributed by atoms with E-state index in [0.717, 1.165) is 19.8 Å². The Labute approximate surface area is 101 Å². The number of nitrogens with one attached hydrogen (secondary N) is 1.